The van der Waals surface area contributed by atoms with Gasteiger partial charge in [0.1, 0.15) is 5.01 Å². The van der Waals surface area contributed by atoms with Crippen molar-refractivity contribution in [3.63, 3.8) is 0 Å². The van der Waals surface area contributed by atoms with Gasteiger partial charge in [0.2, 0.25) is 5.91 Å². The van der Waals surface area contributed by atoms with Gasteiger partial charge in [-0.2, -0.15) is 13.2 Å². The summed E-state index contributed by atoms with van der Waals surface area (Å²) in [6.45, 7) is 11.5. The largest absolute Gasteiger partial charge is 0.416 e. The van der Waals surface area contributed by atoms with E-state index in [0.29, 0.717) is 48.7 Å². The number of anilines is 3. The lowest BCUT2D eigenvalue weighted by Crippen LogP contribution is -2.37. The molecule has 47 heavy (non-hydrogen) atoms. The molecule has 1 aliphatic rings. The van der Waals surface area contributed by atoms with Crippen LogP contribution in [0.25, 0.3) is 0 Å². The summed E-state index contributed by atoms with van der Waals surface area (Å²) in [5.74, 6) is 5.56. The number of nitrogens with one attached hydrogen (secondary N) is 1. The first kappa shape index (κ1) is 34.7. The second kappa shape index (κ2) is 13.8. The highest BCUT2D eigenvalue weighted by molar-refractivity contribution is 7.97. The number of fused-ring (bicyclic) bond motifs is 1. The quantitative estimate of drug-likeness (QED) is 0.0712. The van der Waals surface area contributed by atoms with E-state index in [1.807, 2.05) is 46.8 Å². The molecule has 250 valence electrons. The van der Waals surface area contributed by atoms with Crippen molar-refractivity contribution >= 4 is 46.3 Å². The van der Waals surface area contributed by atoms with Crippen LogP contribution in [0.4, 0.5) is 30.2 Å². The third-order valence-corrected chi connectivity index (χ3v) is 10.9. The Balaban J connectivity index is 1.50. The zero-order valence-corrected chi connectivity index (χ0v) is 28.7. The summed E-state index contributed by atoms with van der Waals surface area (Å²) in [6.07, 6.45) is 0.176. The first-order chi connectivity index (χ1) is 22.2. The Morgan fingerprint density at radius 2 is 1.94 bits per heavy atom. The second-order valence-electron chi connectivity index (χ2n) is 12.3. The Morgan fingerprint density at radius 3 is 2.62 bits per heavy atom. The standard InChI is InChI=1S/C34H40F3N7OS2/c1-6-44(39)27-13-12-25(20(2)30(27)38)29(33(4,5)32(45)41-24-10-7-15-40-18-24)31-42-26(21(3)46-31)19-43-16-8-9-22-17-23(34(35,36)37)11-14-28(22)47-43/h7,10-15,17-18,29H,6,8-9,16,19,38-39H2,1-5H3,(H,41,45). The molecule has 5 N–H and O–H groups in total. The van der Waals surface area contributed by atoms with Gasteiger partial charge in [-0.3, -0.25) is 9.78 Å². The molecule has 1 amide bonds. The summed E-state index contributed by atoms with van der Waals surface area (Å²) in [5, 5.41) is 5.39. The number of nitrogens with zero attached hydrogens (tertiary/aromatic N) is 4. The first-order valence-corrected chi connectivity index (χ1v) is 17.0. The van der Waals surface area contributed by atoms with Crippen LogP contribution in [0.1, 0.15) is 70.9 Å². The first-order valence-electron chi connectivity index (χ1n) is 15.4. The van der Waals surface area contributed by atoms with E-state index >= 15 is 0 Å². The molecule has 5 rings (SSSR count). The topological polar surface area (TPSA) is 113 Å². The van der Waals surface area contributed by atoms with Crippen LogP contribution in [0.5, 0.6) is 0 Å². The van der Waals surface area contributed by atoms with Gasteiger partial charge in [-0.1, -0.05) is 19.9 Å². The van der Waals surface area contributed by atoms with E-state index in [9.17, 15) is 18.0 Å². The molecule has 0 aliphatic carbocycles. The van der Waals surface area contributed by atoms with Gasteiger partial charge >= 0.3 is 6.18 Å². The van der Waals surface area contributed by atoms with Crippen LogP contribution in [-0.2, 0) is 23.9 Å². The van der Waals surface area contributed by atoms with Gasteiger partial charge in [-0.15, -0.1) is 11.3 Å². The number of rotatable bonds is 9. The number of nitrogens with two attached hydrogens (primary N) is 2. The van der Waals surface area contributed by atoms with Crippen LogP contribution in [0, 0.1) is 19.3 Å². The summed E-state index contributed by atoms with van der Waals surface area (Å²) >= 11 is 3.01. The van der Waals surface area contributed by atoms with Crippen molar-refractivity contribution in [3.8, 4) is 0 Å². The molecule has 0 radical (unpaired) electrons. The third-order valence-electron chi connectivity index (χ3n) is 8.67. The number of aryl methyl sites for hydroxylation is 2. The van der Waals surface area contributed by atoms with Crippen LogP contribution >= 0.6 is 23.3 Å². The molecule has 0 spiro atoms. The zero-order chi connectivity index (χ0) is 34.1. The summed E-state index contributed by atoms with van der Waals surface area (Å²) in [6, 6.07) is 11.4. The van der Waals surface area contributed by atoms with E-state index in [-0.39, 0.29) is 5.91 Å². The molecule has 2 aromatic heterocycles. The van der Waals surface area contributed by atoms with E-state index in [0.717, 1.165) is 44.1 Å². The number of pyridine rings is 1. The zero-order valence-electron chi connectivity index (χ0n) is 27.1. The van der Waals surface area contributed by atoms with Gasteiger partial charge in [0, 0.05) is 29.1 Å². The molecule has 1 atom stereocenters. The minimum Gasteiger partial charge on any atom is -0.397 e. The van der Waals surface area contributed by atoms with Crippen molar-refractivity contribution < 1.29 is 18.0 Å². The van der Waals surface area contributed by atoms with Crippen LogP contribution < -0.4 is 21.9 Å². The van der Waals surface area contributed by atoms with Gasteiger partial charge in [0.05, 0.1) is 52.4 Å². The fraction of sp³-hybridized carbons (Fsp3) is 0.382. The molecule has 1 aliphatic heterocycles. The fourth-order valence-electron chi connectivity index (χ4n) is 5.82. The van der Waals surface area contributed by atoms with Gasteiger partial charge < -0.3 is 16.1 Å². The highest BCUT2D eigenvalue weighted by Crippen LogP contribution is 2.47. The van der Waals surface area contributed by atoms with Crippen LogP contribution in [0.3, 0.4) is 0 Å². The molecule has 2 aromatic carbocycles. The Labute approximate surface area is 281 Å². The van der Waals surface area contributed by atoms with Crippen molar-refractivity contribution in [1.29, 1.82) is 0 Å². The second-order valence-corrected chi connectivity index (χ2v) is 14.7. The number of carbonyl (C=O) groups excluding carboxylic acids is 1. The summed E-state index contributed by atoms with van der Waals surface area (Å²) in [4.78, 5) is 25.1. The molecular formula is C34H40F3N7OS2. The van der Waals surface area contributed by atoms with E-state index in [4.69, 9.17) is 16.6 Å². The number of benzene rings is 2. The average molecular weight is 684 g/mol. The molecule has 0 fully saturated rings. The lowest BCUT2D eigenvalue weighted by atomic mass is 9.73. The monoisotopic (exact) mass is 683 g/mol. The van der Waals surface area contributed by atoms with Crippen LogP contribution in [0.15, 0.2) is 59.8 Å². The summed E-state index contributed by atoms with van der Waals surface area (Å²) in [5.41, 5.74) is 10.2. The summed E-state index contributed by atoms with van der Waals surface area (Å²) in [7, 11) is 0. The van der Waals surface area contributed by atoms with E-state index in [1.165, 1.54) is 18.0 Å². The van der Waals surface area contributed by atoms with Gasteiger partial charge in [0.15, 0.2) is 0 Å². The molecule has 4 aromatic rings. The number of carbonyl (C=O) groups is 1. The van der Waals surface area contributed by atoms with Crippen molar-refractivity contribution in [3.05, 3.63) is 92.7 Å². The maximum atomic E-state index is 14.0. The fourth-order valence-corrected chi connectivity index (χ4v) is 8.15. The number of hydrazine groups is 1. The number of aromatic nitrogens is 2. The number of alkyl halides is 3. The molecule has 13 heteroatoms. The van der Waals surface area contributed by atoms with Crippen molar-refractivity contribution in [1.82, 2.24) is 14.3 Å². The molecule has 0 bridgehead atoms. The van der Waals surface area contributed by atoms with Crippen molar-refractivity contribution in [2.24, 2.45) is 11.3 Å². The predicted molar refractivity (Wildman–Crippen MR) is 184 cm³/mol. The van der Waals surface area contributed by atoms with Crippen LogP contribution in [-0.4, -0.2) is 33.3 Å². The van der Waals surface area contributed by atoms with Gasteiger partial charge in [-0.05, 0) is 98.6 Å². The number of nitrogen functional groups attached to an aromatic ring is 1. The lowest BCUT2D eigenvalue weighted by molar-refractivity contribution is -0.137. The Hall–Kier alpha value is -3.65. The smallest absolute Gasteiger partial charge is 0.397 e. The molecule has 0 saturated heterocycles. The van der Waals surface area contributed by atoms with Crippen molar-refractivity contribution in [2.45, 2.75) is 71.0 Å². The Bertz CT molecular complexity index is 1740. The van der Waals surface area contributed by atoms with E-state index in [2.05, 4.69) is 14.6 Å². The minimum atomic E-state index is -4.37. The SMILES string of the molecule is CCN(N)c1ccc(C(c2nc(CN3CCCc4cc(C(F)(F)F)ccc4S3)c(C)s2)C(C)(C)C(=O)Nc2cccnc2)c(C)c1N. The molecular weight excluding hydrogens is 644 g/mol. The normalized spacial score (nSPS) is 14.7. The Morgan fingerprint density at radius 1 is 1.17 bits per heavy atom. The minimum absolute atomic E-state index is 0.195. The number of thiazole rings is 1. The highest BCUT2D eigenvalue weighted by Gasteiger charge is 2.42. The molecule has 0 saturated carbocycles. The highest BCUT2D eigenvalue weighted by atomic mass is 32.2. The number of amides is 1. The number of hydrogen-bond donors (Lipinski definition) is 3. The predicted octanol–water partition coefficient (Wildman–Crippen LogP) is 7.71. The Kier molecular flexibility index (Phi) is 10.2. The maximum Gasteiger partial charge on any atom is 0.416 e. The van der Waals surface area contributed by atoms with Gasteiger partial charge in [-0.25, -0.2) is 15.1 Å². The third kappa shape index (κ3) is 7.43. The summed E-state index contributed by atoms with van der Waals surface area (Å²) < 4.78 is 42.2. The number of halogens is 3. The lowest BCUT2D eigenvalue weighted by Gasteiger charge is -2.34. The number of hydrogen-bond acceptors (Lipinski definition) is 9. The molecule has 1 unspecified atom stereocenters. The van der Waals surface area contributed by atoms with Crippen molar-refractivity contribution in [2.75, 3.05) is 29.1 Å². The molecule has 8 nitrogen and oxygen atoms in total. The maximum absolute atomic E-state index is 14.0. The average Bonchev–Trinajstić information content (AvgIpc) is 3.24. The van der Waals surface area contributed by atoms with E-state index in [1.54, 1.807) is 46.9 Å². The van der Waals surface area contributed by atoms with Gasteiger partial charge in [0.25, 0.3) is 0 Å². The van der Waals surface area contributed by atoms with E-state index < -0.39 is 23.1 Å². The van der Waals surface area contributed by atoms with Crippen LogP contribution in [0.2, 0.25) is 0 Å². The molecule has 3 heterocycles.